The predicted octanol–water partition coefficient (Wildman–Crippen LogP) is 4.25. The molecule has 2 heterocycles. The Balaban J connectivity index is 1.81. The first kappa shape index (κ1) is 22.4. The van der Waals surface area contributed by atoms with Gasteiger partial charge in [-0.1, -0.05) is 19.4 Å². The minimum Gasteiger partial charge on any atom is -0.362 e. The van der Waals surface area contributed by atoms with Crippen LogP contribution in [0.4, 0.5) is 5.69 Å². The van der Waals surface area contributed by atoms with Crippen molar-refractivity contribution in [2.75, 3.05) is 18.9 Å². The van der Waals surface area contributed by atoms with E-state index in [0.717, 1.165) is 43.7 Å². The normalized spacial score (nSPS) is 16.5. The van der Waals surface area contributed by atoms with Gasteiger partial charge in [0.2, 0.25) is 0 Å². The van der Waals surface area contributed by atoms with Gasteiger partial charge >= 0.3 is 0 Å². The molecule has 0 spiro atoms. The summed E-state index contributed by atoms with van der Waals surface area (Å²) in [7, 11) is -1.98. The van der Waals surface area contributed by atoms with Crippen molar-refractivity contribution in [3.8, 4) is 0 Å². The van der Waals surface area contributed by atoms with Gasteiger partial charge in [0.15, 0.2) is 0 Å². The summed E-state index contributed by atoms with van der Waals surface area (Å²) in [6.07, 6.45) is 5.49. The molecule has 162 valence electrons. The minimum atomic E-state index is -3.86. The van der Waals surface area contributed by atoms with E-state index in [1.165, 1.54) is 23.5 Å². The lowest BCUT2D eigenvalue weighted by atomic mass is 10.2. The van der Waals surface area contributed by atoms with E-state index in [9.17, 15) is 13.2 Å². The number of amidine groups is 1. The predicted molar refractivity (Wildman–Crippen MR) is 121 cm³/mol. The number of nitrogens with one attached hydrogen (secondary N) is 1. The quantitative estimate of drug-likeness (QED) is 0.713. The average molecular weight is 449 g/mol. The van der Waals surface area contributed by atoms with Crippen LogP contribution >= 0.6 is 11.3 Å². The number of amides is 1. The summed E-state index contributed by atoms with van der Waals surface area (Å²) in [6.45, 7) is 4.68. The van der Waals surface area contributed by atoms with Crippen LogP contribution in [0.1, 0.15) is 59.4 Å². The lowest BCUT2D eigenvalue weighted by Crippen LogP contribution is -2.26. The molecule has 0 unspecified atom stereocenters. The molecule has 1 fully saturated rings. The second-order valence-electron chi connectivity index (χ2n) is 7.47. The monoisotopic (exact) mass is 448 g/mol. The van der Waals surface area contributed by atoms with Crippen LogP contribution in [0, 0.1) is 6.92 Å². The topological polar surface area (TPSA) is 91.7 Å². The molecular formula is C21H28N4O3S2. The fourth-order valence-corrected chi connectivity index (χ4v) is 5.54. The lowest BCUT2D eigenvalue weighted by molar-refractivity contribution is 0.102. The van der Waals surface area contributed by atoms with Gasteiger partial charge in [-0.3, -0.25) is 4.79 Å². The van der Waals surface area contributed by atoms with Gasteiger partial charge < -0.3 is 10.2 Å². The van der Waals surface area contributed by atoms with Crippen molar-refractivity contribution in [2.24, 2.45) is 4.40 Å². The molecule has 1 aromatic heterocycles. The van der Waals surface area contributed by atoms with Gasteiger partial charge in [0.25, 0.3) is 15.9 Å². The number of nitrogens with zero attached hydrogens (tertiary/aromatic N) is 3. The van der Waals surface area contributed by atoms with Gasteiger partial charge in [-0.2, -0.15) is 8.42 Å². The Hall–Kier alpha value is -2.26. The van der Waals surface area contributed by atoms with Crippen molar-refractivity contribution in [1.82, 2.24) is 9.88 Å². The molecule has 7 nitrogen and oxygen atoms in total. The van der Waals surface area contributed by atoms with Gasteiger partial charge in [-0.05, 0) is 50.8 Å². The zero-order valence-corrected chi connectivity index (χ0v) is 19.3. The molecule has 30 heavy (non-hydrogen) atoms. The molecule has 1 aliphatic heterocycles. The Morgan fingerprint density at radius 3 is 2.87 bits per heavy atom. The van der Waals surface area contributed by atoms with Crippen LogP contribution in [0.2, 0.25) is 0 Å². The molecule has 1 aromatic carbocycles. The van der Waals surface area contributed by atoms with Crippen LogP contribution in [0.15, 0.2) is 33.6 Å². The van der Waals surface area contributed by atoms with Crippen LogP contribution in [-0.2, 0) is 16.4 Å². The van der Waals surface area contributed by atoms with Crippen LogP contribution in [0.3, 0.4) is 0 Å². The summed E-state index contributed by atoms with van der Waals surface area (Å²) >= 11 is 1.38. The number of aryl methyl sites for hydroxylation is 2. The minimum absolute atomic E-state index is 0.0677. The van der Waals surface area contributed by atoms with E-state index in [4.69, 9.17) is 0 Å². The number of rotatable bonds is 6. The molecule has 3 rings (SSSR count). The second kappa shape index (κ2) is 9.70. The Bertz CT molecular complexity index is 1040. The molecule has 0 aliphatic carbocycles. The number of sulfonamides is 1. The molecule has 0 atom stereocenters. The zero-order valence-electron chi connectivity index (χ0n) is 17.6. The van der Waals surface area contributed by atoms with E-state index in [0.29, 0.717) is 28.5 Å². The molecule has 1 saturated heterocycles. The Labute approximate surface area is 182 Å². The molecule has 2 aromatic rings. The SMILES string of the molecule is CCCc1nc(C)c(C(=O)Nc2cccc(S(=O)(=O)N=C3CCCCCN3C)c2)s1. The smallest absolute Gasteiger partial charge is 0.284 e. The summed E-state index contributed by atoms with van der Waals surface area (Å²) in [5, 5.41) is 3.73. The molecule has 0 bridgehead atoms. The molecule has 9 heteroatoms. The van der Waals surface area contributed by atoms with Crippen molar-refractivity contribution < 1.29 is 13.2 Å². The maximum Gasteiger partial charge on any atom is 0.284 e. The van der Waals surface area contributed by atoms with E-state index in [1.54, 1.807) is 12.1 Å². The molecule has 1 aliphatic rings. The molecule has 0 saturated carbocycles. The molecule has 1 N–H and O–H groups in total. The first-order chi connectivity index (χ1) is 14.3. The summed E-state index contributed by atoms with van der Waals surface area (Å²) in [6, 6.07) is 6.24. The third kappa shape index (κ3) is 5.46. The number of thiazole rings is 1. The first-order valence-corrected chi connectivity index (χ1v) is 12.5. The van der Waals surface area contributed by atoms with Gasteiger partial charge in [0, 0.05) is 25.7 Å². The summed E-state index contributed by atoms with van der Waals surface area (Å²) in [5.41, 5.74) is 1.10. The number of carbonyl (C=O) groups is 1. The Kier molecular flexibility index (Phi) is 7.25. The second-order valence-corrected chi connectivity index (χ2v) is 10.2. The fourth-order valence-electron chi connectivity index (χ4n) is 3.34. The number of anilines is 1. The van der Waals surface area contributed by atoms with Gasteiger partial charge in [0.1, 0.15) is 10.7 Å². The summed E-state index contributed by atoms with van der Waals surface area (Å²) < 4.78 is 29.8. The summed E-state index contributed by atoms with van der Waals surface area (Å²) in [5.74, 6) is 0.308. The fraction of sp³-hybridized carbons (Fsp3) is 0.476. The standard InChI is InChI=1S/C21H28N4O3S2/c1-4-9-19-22-15(2)20(29-19)21(26)23-16-10-8-11-17(14-16)30(27,28)24-18-12-6-5-7-13-25(18)3/h8,10-11,14H,4-7,9,12-13H2,1-3H3,(H,23,26). The van der Waals surface area contributed by atoms with Gasteiger partial charge in [0.05, 0.1) is 15.6 Å². The van der Waals surface area contributed by atoms with Crippen molar-refractivity contribution >= 4 is 38.8 Å². The Morgan fingerprint density at radius 2 is 2.10 bits per heavy atom. The van der Waals surface area contributed by atoms with E-state index in [-0.39, 0.29) is 10.8 Å². The molecule has 1 amide bonds. The highest BCUT2D eigenvalue weighted by Gasteiger charge is 2.20. The van der Waals surface area contributed by atoms with E-state index in [2.05, 4.69) is 21.6 Å². The highest BCUT2D eigenvalue weighted by atomic mass is 32.2. The number of hydrogen-bond donors (Lipinski definition) is 1. The van der Waals surface area contributed by atoms with Crippen molar-refractivity contribution in [1.29, 1.82) is 0 Å². The maximum absolute atomic E-state index is 12.9. The number of carbonyl (C=O) groups excluding carboxylic acids is 1. The highest BCUT2D eigenvalue weighted by Crippen LogP contribution is 2.23. The van der Waals surface area contributed by atoms with Gasteiger partial charge in [-0.15, -0.1) is 15.7 Å². The number of likely N-dealkylation sites (tertiary alicyclic amines) is 1. The van der Waals surface area contributed by atoms with Crippen LogP contribution < -0.4 is 5.32 Å². The third-order valence-corrected chi connectivity index (χ3v) is 7.48. The van der Waals surface area contributed by atoms with Crippen LogP contribution in [-0.4, -0.2) is 43.6 Å². The van der Waals surface area contributed by atoms with E-state index in [1.807, 2.05) is 18.9 Å². The molecular weight excluding hydrogens is 420 g/mol. The maximum atomic E-state index is 12.9. The average Bonchev–Trinajstić information content (AvgIpc) is 2.95. The van der Waals surface area contributed by atoms with Crippen molar-refractivity contribution in [2.45, 2.75) is 57.3 Å². The zero-order chi connectivity index (χ0) is 21.7. The molecule has 0 radical (unpaired) electrons. The number of hydrogen-bond acceptors (Lipinski definition) is 5. The third-order valence-electron chi connectivity index (χ3n) is 4.96. The summed E-state index contributed by atoms with van der Waals surface area (Å²) in [4.78, 5) is 19.7. The largest absolute Gasteiger partial charge is 0.362 e. The lowest BCUT2D eigenvalue weighted by Gasteiger charge is -2.17. The first-order valence-electron chi connectivity index (χ1n) is 10.2. The number of benzene rings is 1. The van der Waals surface area contributed by atoms with Crippen LogP contribution in [0.5, 0.6) is 0 Å². The van der Waals surface area contributed by atoms with Gasteiger partial charge in [-0.25, -0.2) is 4.98 Å². The highest BCUT2D eigenvalue weighted by molar-refractivity contribution is 7.90. The van der Waals surface area contributed by atoms with E-state index < -0.39 is 10.0 Å². The Morgan fingerprint density at radius 1 is 1.30 bits per heavy atom. The number of aromatic nitrogens is 1. The van der Waals surface area contributed by atoms with E-state index >= 15 is 0 Å². The van der Waals surface area contributed by atoms with Crippen molar-refractivity contribution in [3.05, 3.63) is 39.8 Å². The van der Waals surface area contributed by atoms with Crippen LogP contribution in [0.25, 0.3) is 0 Å². The van der Waals surface area contributed by atoms with Crippen molar-refractivity contribution in [3.63, 3.8) is 0 Å².